The lowest BCUT2D eigenvalue weighted by molar-refractivity contribution is -0.169. The van der Waals surface area contributed by atoms with Crippen molar-refractivity contribution in [2.75, 3.05) is 20.8 Å². The monoisotopic (exact) mass is 268 g/mol. The average Bonchev–Trinajstić information content (AvgIpc) is 2.79. The van der Waals surface area contributed by atoms with Gasteiger partial charge in [-0.25, -0.2) is 0 Å². The van der Waals surface area contributed by atoms with E-state index in [0.29, 0.717) is 19.4 Å². The van der Waals surface area contributed by atoms with Crippen molar-refractivity contribution < 1.29 is 23.8 Å². The number of carbonyl (C=O) groups is 2. The predicted molar refractivity (Wildman–Crippen MR) is 67.3 cm³/mol. The van der Waals surface area contributed by atoms with Crippen LogP contribution in [0.15, 0.2) is 11.6 Å². The lowest BCUT2D eigenvalue weighted by atomic mass is 9.81. The topological polar surface area (TPSA) is 61.8 Å². The summed E-state index contributed by atoms with van der Waals surface area (Å²) in [7, 11) is 2.59. The van der Waals surface area contributed by atoms with E-state index >= 15 is 0 Å². The van der Waals surface area contributed by atoms with Gasteiger partial charge in [-0.1, -0.05) is 11.6 Å². The molecule has 0 aromatic heterocycles. The van der Waals surface area contributed by atoms with E-state index in [1.807, 2.05) is 19.9 Å². The zero-order chi connectivity index (χ0) is 14.3. The third kappa shape index (κ3) is 2.06. The predicted octanol–water partition coefficient (Wildman–Crippen LogP) is 1.46. The van der Waals surface area contributed by atoms with E-state index in [9.17, 15) is 9.59 Å². The van der Waals surface area contributed by atoms with Gasteiger partial charge in [0, 0.05) is 5.92 Å². The van der Waals surface area contributed by atoms with Crippen LogP contribution in [-0.4, -0.2) is 38.4 Å². The summed E-state index contributed by atoms with van der Waals surface area (Å²) in [6.45, 7) is 4.47. The standard InChI is InChI=1S/C14H20O5/c1-13(2)10-8-14(11(15)17-3,12(16)18-4)7-9(10)5-6-19-13/h5,10H,6-8H2,1-4H3. The van der Waals surface area contributed by atoms with Gasteiger partial charge in [-0.2, -0.15) is 0 Å². The molecule has 1 aliphatic carbocycles. The van der Waals surface area contributed by atoms with E-state index in [1.54, 1.807) is 0 Å². The molecule has 0 aromatic carbocycles. The van der Waals surface area contributed by atoms with Crippen LogP contribution in [0.2, 0.25) is 0 Å². The van der Waals surface area contributed by atoms with E-state index in [1.165, 1.54) is 14.2 Å². The molecule has 19 heavy (non-hydrogen) atoms. The number of fused-ring (bicyclic) bond motifs is 1. The molecule has 0 bridgehead atoms. The molecule has 1 fully saturated rings. The Kier molecular flexibility index (Phi) is 3.43. The fourth-order valence-electron chi connectivity index (χ4n) is 3.18. The van der Waals surface area contributed by atoms with Gasteiger partial charge >= 0.3 is 11.9 Å². The SMILES string of the molecule is COC(=O)C1(C(=O)OC)CC2=CCOC(C)(C)C2C1. The summed E-state index contributed by atoms with van der Waals surface area (Å²) in [5.41, 5.74) is -0.509. The number of ether oxygens (including phenoxy) is 3. The Morgan fingerprint density at radius 1 is 1.26 bits per heavy atom. The van der Waals surface area contributed by atoms with Crippen molar-refractivity contribution in [1.82, 2.24) is 0 Å². The van der Waals surface area contributed by atoms with Crippen LogP contribution in [0.5, 0.6) is 0 Å². The smallest absolute Gasteiger partial charge is 0.323 e. The highest BCUT2D eigenvalue weighted by Gasteiger charge is 2.59. The van der Waals surface area contributed by atoms with Crippen molar-refractivity contribution in [1.29, 1.82) is 0 Å². The number of hydrogen-bond donors (Lipinski definition) is 0. The quantitative estimate of drug-likeness (QED) is 0.431. The molecule has 5 heteroatoms. The molecule has 1 unspecified atom stereocenters. The van der Waals surface area contributed by atoms with Crippen LogP contribution in [0.4, 0.5) is 0 Å². The summed E-state index contributed by atoms with van der Waals surface area (Å²) in [6.07, 6.45) is 2.71. The van der Waals surface area contributed by atoms with Crippen LogP contribution in [0.3, 0.4) is 0 Å². The summed E-state index contributed by atoms with van der Waals surface area (Å²) in [4.78, 5) is 24.2. The van der Waals surface area contributed by atoms with Crippen molar-refractivity contribution in [2.45, 2.75) is 32.3 Å². The van der Waals surface area contributed by atoms with E-state index < -0.39 is 17.4 Å². The van der Waals surface area contributed by atoms with Crippen molar-refractivity contribution in [3.05, 3.63) is 11.6 Å². The Balaban J connectivity index is 2.40. The van der Waals surface area contributed by atoms with Crippen LogP contribution in [0.25, 0.3) is 0 Å². The Morgan fingerprint density at radius 2 is 1.84 bits per heavy atom. The number of rotatable bonds is 2. The molecule has 1 atom stereocenters. The first-order chi connectivity index (χ1) is 8.87. The first-order valence-corrected chi connectivity index (χ1v) is 6.37. The molecule has 0 saturated heterocycles. The first kappa shape index (κ1) is 14.1. The maximum atomic E-state index is 12.1. The molecule has 0 amide bonds. The third-order valence-corrected chi connectivity index (χ3v) is 4.30. The second kappa shape index (κ2) is 4.63. The second-order valence-corrected chi connectivity index (χ2v) is 5.69. The van der Waals surface area contributed by atoms with Gasteiger partial charge in [0.25, 0.3) is 0 Å². The molecule has 0 aromatic rings. The van der Waals surface area contributed by atoms with Gasteiger partial charge in [0.2, 0.25) is 0 Å². The Hall–Kier alpha value is -1.36. The fourth-order valence-corrected chi connectivity index (χ4v) is 3.18. The van der Waals surface area contributed by atoms with E-state index in [2.05, 4.69) is 0 Å². The number of esters is 2. The van der Waals surface area contributed by atoms with Crippen molar-refractivity contribution >= 4 is 11.9 Å². The molecule has 0 spiro atoms. The van der Waals surface area contributed by atoms with E-state index in [-0.39, 0.29) is 11.5 Å². The van der Waals surface area contributed by atoms with Gasteiger partial charge in [0.15, 0.2) is 5.41 Å². The summed E-state index contributed by atoms with van der Waals surface area (Å²) in [5.74, 6) is -1.00. The van der Waals surface area contributed by atoms with Gasteiger partial charge in [0.05, 0.1) is 26.4 Å². The van der Waals surface area contributed by atoms with Crippen LogP contribution in [-0.2, 0) is 23.8 Å². The lowest BCUT2D eigenvalue weighted by Gasteiger charge is -2.36. The van der Waals surface area contributed by atoms with Gasteiger partial charge in [-0.3, -0.25) is 9.59 Å². The number of methoxy groups -OCH3 is 2. The van der Waals surface area contributed by atoms with Crippen molar-refractivity contribution in [3.63, 3.8) is 0 Å². The maximum absolute atomic E-state index is 12.1. The van der Waals surface area contributed by atoms with Crippen LogP contribution < -0.4 is 0 Å². The lowest BCUT2D eigenvalue weighted by Crippen LogP contribution is -2.41. The Morgan fingerprint density at radius 3 is 2.32 bits per heavy atom. The molecular weight excluding hydrogens is 248 g/mol. The molecule has 1 heterocycles. The highest BCUT2D eigenvalue weighted by Crippen LogP contribution is 2.52. The van der Waals surface area contributed by atoms with Crippen molar-refractivity contribution in [3.8, 4) is 0 Å². The van der Waals surface area contributed by atoms with Crippen molar-refractivity contribution in [2.24, 2.45) is 11.3 Å². The normalized spacial score (nSPS) is 27.2. The zero-order valence-corrected chi connectivity index (χ0v) is 11.8. The summed E-state index contributed by atoms with van der Waals surface area (Å²) < 4.78 is 15.4. The maximum Gasteiger partial charge on any atom is 0.323 e. The second-order valence-electron chi connectivity index (χ2n) is 5.69. The van der Waals surface area contributed by atoms with Crippen LogP contribution in [0.1, 0.15) is 26.7 Å². The zero-order valence-electron chi connectivity index (χ0n) is 11.8. The minimum Gasteiger partial charge on any atom is -0.468 e. The molecule has 5 nitrogen and oxygen atoms in total. The molecule has 0 radical (unpaired) electrons. The van der Waals surface area contributed by atoms with Gasteiger partial charge in [-0.15, -0.1) is 0 Å². The molecule has 1 aliphatic heterocycles. The fraction of sp³-hybridized carbons (Fsp3) is 0.714. The molecule has 2 rings (SSSR count). The average molecular weight is 268 g/mol. The summed E-state index contributed by atoms with van der Waals surface area (Å²) in [6, 6.07) is 0. The Bertz CT molecular complexity index is 419. The molecular formula is C14H20O5. The molecule has 1 saturated carbocycles. The van der Waals surface area contributed by atoms with Crippen LogP contribution >= 0.6 is 0 Å². The first-order valence-electron chi connectivity index (χ1n) is 6.37. The third-order valence-electron chi connectivity index (χ3n) is 4.30. The number of hydrogen-bond acceptors (Lipinski definition) is 5. The molecule has 106 valence electrons. The summed E-state index contributed by atoms with van der Waals surface area (Å²) >= 11 is 0. The highest BCUT2D eigenvalue weighted by atomic mass is 16.5. The largest absolute Gasteiger partial charge is 0.468 e. The minimum atomic E-state index is -1.22. The van der Waals surface area contributed by atoms with Gasteiger partial charge in [-0.05, 0) is 26.7 Å². The highest BCUT2D eigenvalue weighted by molar-refractivity contribution is 6.01. The van der Waals surface area contributed by atoms with E-state index in [4.69, 9.17) is 14.2 Å². The number of carbonyl (C=O) groups excluding carboxylic acids is 2. The Labute approximate surface area is 112 Å². The molecule has 0 N–H and O–H groups in total. The minimum absolute atomic E-state index is 0.0412. The van der Waals surface area contributed by atoms with E-state index in [0.717, 1.165) is 5.57 Å². The van der Waals surface area contributed by atoms with Gasteiger partial charge < -0.3 is 14.2 Å². The molecule has 2 aliphatic rings. The van der Waals surface area contributed by atoms with Crippen LogP contribution in [0, 0.1) is 11.3 Å². The van der Waals surface area contributed by atoms with Gasteiger partial charge in [0.1, 0.15) is 0 Å². The summed E-state index contributed by atoms with van der Waals surface area (Å²) in [5, 5.41) is 0.